The van der Waals surface area contributed by atoms with Crippen LogP contribution in [0, 0.1) is 0 Å². The van der Waals surface area contributed by atoms with Gasteiger partial charge < -0.3 is 14.6 Å². The first-order valence-corrected chi connectivity index (χ1v) is 12.5. The zero-order valence-electron chi connectivity index (χ0n) is 19.2. The maximum Gasteiger partial charge on any atom is 0.291 e. The molecule has 0 spiro atoms. The summed E-state index contributed by atoms with van der Waals surface area (Å²) in [4.78, 5) is 15.1. The Morgan fingerprint density at radius 3 is 2.66 bits per heavy atom. The number of benzene rings is 2. The second-order valence-corrected chi connectivity index (χ2v) is 10.2. The number of carbonyl (C=O) groups is 1. The number of carbonyl (C=O) groups excluding carboxylic acids is 1. The molecule has 1 unspecified atom stereocenters. The van der Waals surface area contributed by atoms with Gasteiger partial charge in [-0.05, 0) is 61.4 Å². The number of nitrogens with one attached hydrogen (secondary N) is 1. The molecular weight excluding hydrogens is 468 g/mol. The van der Waals surface area contributed by atoms with Crippen LogP contribution < -0.4 is 15.4 Å². The van der Waals surface area contributed by atoms with E-state index in [1.165, 1.54) is 36.1 Å². The normalized spacial score (nSPS) is 15.3. The number of hydrogen-bond donors (Lipinski definition) is 2. The summed E-state index contributed by atoms with van der Waals surface area (Å²) in [6.45, 7) is 2.65. The van der Waals surface area contributed by atoms with Crippen molar-refractivity contribution in [2.75, 3.05) is 10.2 Å². The molecule has 1 atom stereocenters. The van der Waals surface area contributed by atoms with E-state index < -0.39 is 15.9 Å². The van der Waals surface area contributed by atoms with E-state index in [-0.39, 0.29) is 16.7 Å². The van der Waals surface area contributed by atoms with Crippen molar-refractivity contribution in [2.45, 2.75) is 30.8 Å². The number of amides is 1. The Morgan fingerprint density at radius 2 is 1.97 bits per heavy atom. The first-order chi connectivity index (χ1) is 16.7. The van der Waals surface area contributed by atoms with Crippen molar-refractivity contribution in [3.05, 3.63) is 77.9 Å². The Bertz CT molecular complexity index is 1510. The molecule has 0 fully saturated rings. The van der Waals surface area contributed by atoms with Crippen LogP contribution in [0.3, 0.4) is 0 Å². The van der Waals surface area contributed by atoms with Gasteiger partial charge in [0.2, 0.25) is 10.0 Å². The van der Waals surface area contributed by atoms with E-state index in [1.807, 2.05) is 19.3 Å². The number of fused-ring (bicyclic) bond motifs is 1. The SMILES string of the molecule is CC1Cc2cc(-c3cn(C)nn3)ccc2N1Cc1ccoc1C(=O)Nc1ccc(S(N)(=O)=O)cc1. The average Bonchev–Trinajstić information content (AvgIpc) is 3.53. The number of furan rings is 1. The van der Waals surface area contributed by atoms with Gasteiger partial charge in [0.05, 0.1) is 17.4 Å². The van der Waals surface area contributed by atoms with Crippen LogP contribution in [0.4, 0.5) is 11.4 Å². The predicted molar refractivity (Wildman–Crippen MR) is 130 cm³/mol. The second kappa shape index (κ2) is 8.67. The highest BCUT2D eigenvalue weighted by molar-refractivity contribution is 7.89. The topological polar surface area (TPSA) is 136 Å². The van der Waals surface area contributed by atoms with Gasteiger partial charge in [-0.3, -0.25) is 9.48 Å². The number of primary sulfonamides is 1. The number of rotatable bonds is 6. The van der Waals surface area contributed by atoms with Crippen molar-refractivity contribution in [1.82, 2.24) is 15.0 Å². The number of anilines is 2. The third-order valence-corrected chi connectivity index (χ3v) is 7.00. The highest BCUT2D eigenvalue weighted by atomic mass is 32.2. The number of sulfonamides is 1. The lowest BCUT2D eigenvalue weighted by Crippen LogP contribution is -2.29. The van der Waals surface area contributed by atoms with E-state index in [4.69, 9.17) is 9.56 Å². The van der Waals surface area contributed by atoms with Crippen molar-refractivity contribution in [2.24, 2.45) is 12.2 Å². The third kappa shape index (κ3) is 4.55. The molecule has 10 nitrogen and oxygen atoms in total. The number of nitrogens with zero attached hydrogens (tertiary/aromatic N) is 4. The first-order valence-electron chi connectivity index (χ1n) is 11.0. The summed E-state index contributed by atoms with van der Waals surface area (Å²) in [5.41, 5.74) is 5.35. The molecule has 3 N–H and O–H groups in total. The van der Waals surface area contributed by atoms with Crippen LogP contribution in [0.5, 0.6) is 0 Å². The van der Waals surface area contributed by atoms with E-state index in [1.54, 1.807) is 10.7 Å². The lowest BCUT2D eigenvalue weighted by Gasteiger charge is -2.24. The Hall–Kier alpha value is -3.96. The van der Waals surface area contributed by atoms with Crippen LogP contribution in [0.15, 0.2) is 70.3 Å². The molecule has 0 radical (unpaired) electrons. The minimum absolute atomic E-state index is 0.0293. The molecule has 3 heterocycles. The molecular formula is C24H24N6O4S. The van der Waals surface area contributed by atoms with Gasteiger partial charge in [-0.2, -0.15) is 0 Å². The fourth-order valence-electron chi connectivity index (χ4n) is 4.33. The first kappa shape index (κ1) is 22.8. The van der Waals surface area contributed by atoms with Crippen molar-refractivity contribution in [1.29, 1.82) is 0 Å². The minimum Gasteiger partial charge on any atom is -0.459 e. The molecule has 35 heavy (non-hydrogen) atoms. The lowest BCUT2D eigenvalue weighted by atomic mass is 10.1. The summed E-state index contributed by atoms with van der Waals surface area (Å²) < 4.78 is 30.1. The molecule has 2 aromatic heterocycles. The molecule has 0 saturated heterocycles. The standard InChI is InChI=1S/C24H24N6O4S/c1-15-11-18-12-16(21-14-29(2)28-27-21)3-8-22(18)30(15)13-17-9-10-34-23(17)24(31)26-19-4-6-20(7-5-19)35(25,32)33/h3-10,12,14-15H,11,13H2,1-2H3,(H,26,31)(H2,25,32,33). The molecule has 1 aliphatic heterocycles. The zero-order chi connectivity index (χ0) is 24.7. The maximum absolute atomic E-state index is 12.9. The van der Waals surface area contributed by atoms with Gasteiger partial charge in [0.15, 0.2) is 5.76 Å². The van der Waals surface area contributed by atoms with Crippen LogP contribution in [-0.2, 0) is 30.0 Å². The van der Waals surface area contributed by atoms with Crippen LogP contribution in [0.2, 0.25) is 0 Å². The Balaban J connectivity index is 1.33. The molecule has 0 bridgehead atoms. The summed E-state index contributed by atoms with van der Waals surface area (Å²) >= 11 is 0. The van der Waals surface area contributed by atoms with Gasteiger partial charge in [0.25, 0.3) is 5.91 Å². The summed E-state index contributed by atoms with van der Waals surface area (Å²) in [5.74, 6) is -0.212. The fourth-order valence-corrected chi connectivity index (χ4v) is 4.85. The largest absolute Gasteiger partial charge is 0.459 e. The zero-order valence-corrected chi connectivity index (χ0v) is 20.0. The molecule has 2 aromatic carbocycles. The number of hydrogen-bond acceptors (Lipinski definition) is 7. The fraction of sp³-hybridized carbons (Fsp3) is 0.208. The smallest absolute Gasteiger partial charge is 0.291 e. The van der Waals surface area contributed by atoms with Crippen LogP contribution in [0.1, 0.15) is 28.6 Å². The summed E-state index contributed by atoms with van der Waals surface area (Å²) in [5, 5.41) is 16.1. The van der Waals surface area contributed by atoms with Crippen LogP contribution >= 0.6 is 0 Å². The molecule has 11 heteroatoms. The Kier molecular flexibility index (Phi) is 5.65. The van der Waals surface area contributed by atoms with E-state index in [0.29, 0.717) is 12.2 Å². The van der Waals surface area contributed by atoms with Gasteiger partial charge in [-0.15, -0.1) is 5.10 Å². The summed E-state index contributed by atoms with van der Waals surface area (Å²) in [7, 11) is -1.96. The van der Waals surface area contributed by atoms with Gasteiger partial charge in [-0.1, -0.05) is 11.3 Å². The molecule has 0 aliphatic carbocycles. The monoisotopic (exact) mass is 492 g/mol. The number of nitrogens with two attached hydrogens (primary N) is 1. The second-order valence-electron chi connectivity index (χ2n) is 8.60. The van der Waals surface area contributed by atoms with Crippen LogP contribution in [-0.4, -0.2) is 35.4 Å². The van der Waals surface area contributed by atoms with Crippen molar-refractivity contribution >= 4 is 27.3 Å². The van der Waals surface area contributed by atoms with Gasteiger partial charge in [-0.25, -0.2) is 13.6 Å². The van der Waals surface area contributed by atoms with Crippen molar-refractivity contribution < 1.29 is 17.6 Å². The van der Waals surface area contributed by atoms with E-state index in [2.05, 4.69) is 39.6 Å². The maximum atomic E-state index is 12.9. The molecule has 0 saturated carbocycles. The average molecular weight is 493 g/mol. The highest BCUT2D eigenvalue weighted by Gasteiger charge is 2.28. The molecule has 5 rings (SSSR count). The van der Waals surface area contributed by atoms with Gasteiger partial charge >= 0.3 is 0 Å². The Morgan fingerprint density at radius 1 is 1.20 bits per heavy atom. The lowest BCUT2D eigenvalue weighted by molar-refractivity contribution is 0.0995. The third-order valence-electron chi connectivity index (χ3n) is 6.07. The predicted octanol–water partition coefficient (Wildman–Crippen LogP) is 2.93. The van der Waals surface area contributed by atoms with E-state index in [0.717, 1.165) is 28.9 Å². The molecule has 180 valence electrons. The minimum atomic E-state index is -3.80. The summed E-state index contributed by atoms with van der Waals surface area (Å²) in [6.07, 6.45) is 4.25. The van der Waals surface area contributed by atoms with Crippen molar-refractivity contribution in [3.63, 3.8) is 0 Å². The van der Waals surface area contributed by atoms with E-state index >= 15 is 0 Å². The van der Waals surface area contributed by atoms with Gasteiger partial charge in [0.1, 0.15) is 5.69 Å². The van der Waals surface area contributed by atoms with Gasteiger partial charge in [0, 0.05) is 42.1 Å². The molecule has 4 aromatic rings. The summed E-state index contributed by atoms with van der Waals surface area (Å²) in [6, 6.07) is 13.9. The van der Waals surface area contributed by atoms with Crippen molar-refractivity contribution in [3.8, 4) is 11.3 Å². The quantitative estimate of drug-likeness (QED) is 0.422. The van der Waals surface area contributed by atoms with Crippen LogP contribution in [0.25, 0.3) is 11.3 Å². The number of aromatic nitrogens is 3. The molecule has 1 amide bonds. The molecule has 1 aliphatic rings. The Labute approximate surface area is 202 Å². The number of aryl methyl sites for hydroxylation is 1. The highest BCUT2D eigenvalue weighted by Crippen LogP contribution is 2.36. The van der Waals surface area contributed by atoms with E-state index in [9.17, 15) is 13.2 Å².